The van der Waals surface area contributed by atoms with Crippen LogP contribution in [-0.2, 0) is 10.0 Å². The topological polar surface area (TPSA) is 37.1 Å². The standard InChI is InChI=1S/C12H23NO2S/c1-10(2)16(14,15)13-9-12(13)8-11-6-4-3-5-7-11/h10-12H,3-9H2,1-2H3/t12-,13?/m0/s1. The maximum Gasteiger partial charge on any atom is 0.216 e. The molecule has 1 heterocycles. The van der Waals surface area contributed by atoms with Crippen LogP contribution in [0.1, 0.15) is 52.4 Å². The van der Waals surface area contributed by atoms with E-state index >= 15 is 0 Å². The van der Waals surface area contributed by atoms with Crippen LogP contribution < -0.4 is 0 Å². The van der Waals surface area contributed by atoms with Gasteiger partial charge in [0.2, 0.25) is 10.0 Å². The first kappa shape index (κ1) is 12.4. The first-order chi connectivity index (χ1) is 7.51. The fourth-order valence-corrected chi connectivity index (χ4v) is 4.17. The number of rotatable bonds is 4. The molecule has 2 aliphatic rings. The molecule has 2 fully saturated rings. The van der Waals surface area contributed by atoms with Gasteiger partial charge in [-0.2, -0.15) is 4.31 Å². The second-order valence-corrected chi connectivity index (χ2v) is 8.00. The lowest BCUT2D eigenvalue weighted by Gasteiger charge is -2.21. The monoisotopic (exact) mass is 245 g/mol. The van der Waals surface area contributed by atoms with E-state index in [2.05, 4.69) is 0 Å². The van der Waals surface area contributed by atoms with Crippen molar-refractivity contribution >= 4 is 10.0 Å². The molecule has 94 valence electrons. The molecule has 1 aliphatic heterocycles. The third-order valence-electron chi connectivity index (χ3n) is 3.92. The summed E-state index contributed by atoms with van der Waals surface area (Å²) in [5.41, 5.74) is 0. The number of hydrogen-bond donors (Lipinski definition) is 0. The summed E-state index contributed by atoms with van der Waals surface area (Å²) in [5, 5.41) is -0.260. The van der Waals surface area contributed by atoms with Crippen molar-refractivity contribution < 1.29 is 8.42 Å². The average molecular weight is 245 g/mol. The van der Waals surface area contributed by atoms with Gasteiger partial charge in [-0.25, -0.2) is 8.42 Å². The van der Waals surface area contributed by atoms with E-state index < -0.39 is 10.0 Å². The molecule has 1 saturated carbocycles. The van der Waals surface area contributed by atoms with Gasteiger partial charge in [-0.05, 0) is 26.2 Å². The molecule has 0 aromatic carbocycles. The van der Waals surface area contributed by atoms with Crippen LogP contribution in [-0.4, -0.2) is 30.6 Å². The van der Waals surface area contributed by atoms with Gasteiger partial charge < -0.3 is 0 Å². The summed E-state index contributed by atoms with van der Waals surface area (Å²) in [6.45, 7) is 4.31. The van der Waals surface area contributed by atoms with Gasteiger partial charge in [0, 0.05) is 12.6 Å². The summed E-state index contributed by atoms with van der Waals surface area (Å²) < 4.78 is 25.4. The Bertz CT molecular complexity index is 331. The number of hydrogen-bond acceptors (Lipinski definition) is 2. The molecule has 4 heteroatoms. The predicted molar refractivity (Wildman–Crippen MR) is 65.7 cm³/mol. The Hall–Kier alpha value is -0.0900. The molecule has 0 bridgehead atoms. The van der Waals surface area contributed by atoms with Crippen molar-refractivity contribution in [3.05, 3.63) is 0 Å². The van der Waals surface area contributed by atoms with Crippen molar-refractivity contribution in [3.63, 3.8) is 0 Å². The molecule has 1 aliphatic carbocycles. The SMILES string of the molecule is CC(C)S(=O)(=O)N1C[C@@H]1CC1CCCCC1. The van der Waals surface area contributed by atoms with Crippen LogP contribution >= 0.6 is 0 Å². The van der Waals surface area contributed by atoms with Crippen LogP contribution in [0, 0.1) is 5.92 Å². The largest absolute Gasteiger partial charge is 0.216 e. The van der Waals surface area contributed by atoms with Gasteiger partial charge >= 0.3 is 0 Å². The second kappa shape index (κ2) is 4.65. The summed E-state index contributed by atoms with van der Waals surface area (Å²) >= 11 is 0. The van der Waals surface area contributed by atoms with Gasteiger partial charge in [-0.15, -0.1) is 0 Å². The quantitative estimate of drug-likeness (QED) is 0.713. The van der Waals surface area contributed by atoms with Gasteiger partial charge in [-0.3, -0.25) is 0 Å². The molecule has 2 atom stereocenters. The van der Waals surface area contributed by atoms with Crippen LogP contribution in [0.3, 0.4) is 0 Å². The lowest BCUT2D eigenvalue weighted by atomic mass is 9.86. The zero-order valence-corrected chi connectivity index (χ0v) is 11.2. The smallest absolute Gasteiger partial charge is 0.212 e. The minimum absolute atomic E-state index is 0.260. The van der Waals surface area contributed by atoms with E-state index in [4.69, 9.17) is 0 Å². The van der Waals surface area contributed by atoms with Crippen LogP contribution in [0.4, 0.5) is 0 Å². The lowest BCUT2D eigenvalue weighted by Crippen LogP contribution is -2.24. The maximum atomic E-state index is 11.9. The molecule has 3 nitrogen and oxygen atoms in total. The molecule has 0 aromatic rings. The third-order valence-corrected chi connectivity index (χ3v) is 6.21. The number of sulfonamides is 1. The van der Waals surface area contributed by atoms with Crippen molar-refractivity contribution in [2.75, 3.05) is 6.54 Å². The summed E-state index contributed by atoms with van der Waals surface area (Å²) in [6, 6.07) is 0.329. The van der Waals surface area contributed by atoms with Crippen molar-refractivity contribution in [2.24, 2.45) is 5.92 Å². The van der Waals surface area contributed by atoms with Crippen molar-refractivity contribution in [2.45, 2.75) is 63.7 Å². The fraction of sp³-hybridized carbons (Fsp3) is 1.00. The van der Waals surface area contributed by atoms with Crippen LogP contribution in [0.2, 0.25) is 0 Å². The highest BCUT2D eigenvalue weighted by Crippen LogP contribution is 2.35. The van der Waals surface area contributed by atoms with E-state index in [-0.39, 0.29) is 5.25 Å². The molecule has 0 amide bonds. The Morgan fingerprint density at radius 2 is 1.81 bits per heavy atom. The Balaban J connectivity index is 1.83. The maximum absolute atomic E-state index is 11.9. The first-order valence-electron chi connectivity index (χ1n) is 6.52. The van der Waals surface area contributed by atoms with E-state index in [1.807, 2.05) is 0 Å². The van der Waals surface area contributed by atoms with Gasteiger partial charge in [0.25, 0.3) is 0 Å². The molecule has 16 heavy (non-hydrogen) atoms. The van der Waals surface area contributed by atoms with Gasteiger partial charge in [-0.1, -0.05) is 32.1 Å². The predicted octanol–water partition coefficient (Wildman–Crippen LogP) is 2.38. The minimum Gasteiger partial charge on any atom is -0.212 e. The Labute approximate surface area is 99.3 Å². The molecule has 0 radical (unpaired) electrons. The summed E-state index contributed by atoms with van der Waals surface area (Å²) in [7, 11) is -2.97. The molecule has 2 rings (SSSR count). The van der Waals surface area contributed by atoms with Gasteiger partial charge in [0.15, 0.2) is 0 Å². The number of nitrogens with zero attached hydrogens (tertiary/aromatic N) is 1. The zero-order valence-electron chi connectivity index (χ0n) is 10.4. The summed E-state index contributed by atoms with van der Waals surface area (Å²) in [5.74, 6) is 0.783. The average Bonchev–Trinajstić information content (AvgIpc) is 2.99. The highest BCUT2D eigenvalue weighted by Gasteiger charge is 2.45. The molecule has 1 saturated heterocycles. The molecular formula is C12H23NO2S. The normalized spacial score (nSPS) is 31.9. The van der Waals surface area contributed by atoms with E-state index in [0.29, 0.717) is 6.04 Å². The van der Waals surface area contributed by atoms with E-state index in [9.17, 15) is 8.42 Å². The Kier molecular flexibility index (Phi) is 3.59. The van der Waals surface area contributed by atoms with Crippen molar-refractivity contribution in [1.82, 2.24) is 4.31 Å². The summed E-state index contributed by atoms with van der Waals surface area (Å²) in [4.78, 5) is 0. The van der Waals surface area contributed by atoms with E-state index in [0.717, 1.165) is 18.9 Å². The van der Waals surface area contributed by atoms with E-state index in [1.54, 1.807) is 18.2 Å². The second-order valence-electron chi connectivity index (χ2n) is 5.56. The third kappa shape index (κ3) is 2.59. The Morgan fingerprint density at radius 1 is 1.19 bits per heavy atom. The minimum atomic E-state index is -2.97. The summed E-state index contributed by atoms with van der Waals surface area (Å²) in [6.07, 6.45) is 7.78. The molecule has 0 N–H and O–H groups in total. The van der Waals surface area contributed by atoms with Crippen molar-refractivity contribution in [3.8, 4) is 0 Å². The van der Waals surface area contributed by atoms with Crippen LogP contribution in [0.25, 0.3) is 0 Å². The fourth-order valence-electron chi connectivity index (χ4n) is 2.74. The van der Waals surface area contributed by atoms with Gasteiger partial charge in [0.05, 0.1) is 5.25 Å². The van der Waals surface area contributed by atoms with Crippen LogP contribution in [0.5, 0.6) is 0 Å². The first-order valence-corrected chi connectivity index (χ1v) is 8.03. The van der Waals surface area contributed by atoms with Crippen LogP contribution in [0.15, 0.2) is 0 Å². The van der Waals surface area contributed by atoms with E-state index in [1.165, 1.54) is 32.1 Å². The molecule has 0 spiro atoms. The lowest BCUT2D eigenvalue weighted by molar-refractivity contribution is 0.331. The molecule has 0 aromatic heterocycles. The highest BCUT2D eigenvalue weighted by molar-refractivity contribution is 7.89. The van der Waals surface area contributed by atoms with Crippen molar-refractivity contribution in [1.29, 1.82) is 0 Å². The molecule has 1 unspecified atom stereocenters. The highest BCUT2D eigenvalue weighted by atomic mass is 32.2. The van der Waals surface area contributed by atoms with Gasteiger partial charge in [0.1, 0.15) is 0 Å². The zero-order chi connectivity index (χ0) is 11.8. The molecular weight excluding hydrogens is 222 g/mol. The Morgan fingerprint density at radius 3 is 2.38 bits per heavy atom.